The van der Waals surface area contributed by atoms with Crippen LogP contribution in [0, 0.1) is 5.92 Å². The van der Waals surface area contributed by atoms with Gasteiger partial charge in [0, 0.05) is 23.8 Å². The predicted molar refractivity (Wildman–Crippen MR) is 116 cm³/mol. The number of sulfone groups is 1. The predicted octanol–water partition coefficient (Wildman–Crippen LogP) is 3.62. The fourth-order valence-electron chi connectivity index (χ4n) is 3.05. The molecule has 158 valence electrons. The standard InChI is InChI=1S/C22H24N2O5S/c1-14(2)12-23-21(25)16-9-4-6-10-18(16)24-22(26)20-17(13-30(3,27)28)15-8-5-7-11-19(15)29-20/h4-11,14H,12-13H2,1-3H3,(H,23,25)(H,24,26). The number of para-hydroxylation sites is 2. The lowest BCUT2D eigenvalue weighted by Crippen LogP contribution is -2.28. The first-order chi connectivity index (χ1) is 14.2. The number of hydrogen-bond donors (Lipinski definition) is 2. The van der Waals surface area contributed by atoms with Gasteiger partial charge in [0.2, 0.25) is 0 Å². The molecule has 2 aromatic carbocycles. The third kappa shape index (κ3) is 5.07. The van der Waals surface area contributed by atoms with Crippen LogP contribution >= 0.6 is 0 Å². The number of rotatable bonds is 7. The molecule has 30 heavy (non-hydrogen) atoms. The van der Waals surface area contributed by atoms with E-state index >= 15 is 0 Å². The second-order valence-electron chi connectivity index (χ2n) is 7.58. The third-order valence-corrected chi connectivity index (χ3v) is 5.21. The Kier molecular flexibility index (Phi) is 6.26. The minimum Gasteiger partial charge on any atom is -0.451 e. The maximum atomic E-state index is 13.0. The lowest BCUT2D eigenvalue weighted by Gasteiger charge is -2.12. The van der Waals surface area contributed by atoms with Gasteiger partial charge in [0.15, 0.2) is 15.6 Å². The average Bonchev–Trinajstić information content (AvgIpc) is 3.03. The molecule has 0 spiro atoms. The lowest BCUT2D eigenvalue weighted by molar-refractivity contribution is 0.0950. The minimum absolute atomic E-state index is 0.0842. The Bertz CT molecular complexity index is 1200. The molecule has 0 fully saturated rings. The van der Waals surface area contributed by atoms with E-state index in [-0.39, 0.29) is 23.3 Å². The summed E-state index contributed by atoms with van der Waals surface area (Å²) in [5.41, 5.74) is 1.35. The maximum Gasteiger partial charge on any atom is 0.291 e. The molecule has 0 aliphatic heterocycles. The zero-order valence-electron chi connectivity index (χ0n) is 17.1. The van der Waals surface area contributed by atoms with Gasteiger partial charge in [-0.25, -0.2) is 8.42 Å². The van der Waals surface area contributed by atoms with Crippen LogP contribution in [0.1, 0.15) is 40.3 Å². The molecule has 3 rings (SSSR count). The monoisotopic (exact) mass is 428 g/mol. The van der Waals surface area contributed by atoms with Crippen molar-refractivity contribution < 1.29 is 22.4 Å². The fourth-order valence-corrected chi connectivity index (χ4v) is 3.86. The number of anilines is 1. The van der Waals surface area contributed by atoms with E-state index in [2.05, 4.69) is 10.6 Å². The summed E-state index contributed by atoms with van der Waals surface area (Å²) in [5, 5.41) is 6.08. The van der Waals surface area contributed by atoms with Crippen molar-refractivity contribution in [3.8, 4) is 0 Å². The highest BCUT2D eigenvalue weighted by atomic mass is 32.2. The molecular weight excluding hydrogens is 404 g/mol. The SMILES string of the molecule is CC(C)CNC(=O)c1ccccc1NC(=O)c1oc2ccccc2c1CS(C)(=O)=O. The molecule has 0 bridgehead atoms. The van der Waals surface area contributed by atoms with Crippen LogP contribution in [-0.2, 0) is 15.6 Å². The summed E-state index contributed by atoms with van der Waals surface area (Å²) in [6.07, 6.45) is 1.10. The zero-order chi connectivity index (χ0) is 21.9. The van der Waals surface area contributed by atoms with Crippen molar-refractivity contribution in [3.63, 3.8) is 0 Å². The molecule has 0 saturated heterocycles. The summed E-state index contributed by atoms with van der Waals surface area (Å²) in [6, 6.07) is 13.5. The average molecular weight is 429 g/mol. The van der Waals surface area contributed by atoms with Gasteiger partial charge >= 0.3 is 0 Å². The van der Waals surface area contributed by atoms with Crippen LogP contribution in [0.3, 0.4) is 0 Å². The molecule has 0 atom stereocenters. The highest BCUT2D eigenvalue weighted by molar-refractivity contribution is 7.89. The first-order valence-corrected chi connectivity index (χ1v) is 11.6. The van der Waals surface area contributed by atoms with Crippen LogP contribution in [0.5, 0.6) is 0 Å². The summed E-state index contributed by atoms with van der Waals surface area (Å²) in [6.45, 7) is 4.47. The Morgan fingerprint density at radius 1 is 1.00 bits per heavy atom. The summed E-state index contributed by atoms with van der Waals surface area (Å²) < 4.78 is 29.5. The van der Waals surface area contributed by atoms with Gasteiger partial charge in [-0.2, -0.15) is 0 Å². The minimum atomic E-state index is -3.41. The van der Waals surface area contributed by atoms with Gasteiger partial charge < -0.3 is 15.1 Å². The molecule has 0 radical (unpaired) electrons. The third-order valence-electron chi connectivity index (χ3n) is 4.40. The maximum absolute atomic E-state index is 13.0. The Morgan fingerprint density at radius 2 is 1.67 bits per heavy atom. The Labute approximate surface area is 175 Å². The van der Waals surface area contributed by atoms with E-state index in [9.17, 15) is 18.0 Å². The highest BCUT2D eigenvalue weighted by Gasteiger charge is 2.24. The van der Waals surface area contributed by atoms with E-state index in [1.54, 1.807) is 48.5 Å². The van der Waals surface area contributed by atoms with E-state index in [0.29, 0.717) is 34.3 Å². The van der Waals surface area contributed by atoms with Crippen molar-refractivity contribution in [2.75, 3.05) is 18.1 Å². The van der Waals surface area contributed by atoms with Gasteiger partial charge in [-0.1, -0.05) is 44.2 Å². The van der Waals surface area contributed by atoms with Gasteiger partial charge in [-0.05, 0) is 24.1 Å². The number of benzene rings is 2. The second kappa shape index (κ2) is 8.71. The first-order valence-electron chi connectivity index (χ1n) is 9.52. The van der Waals surface area contributed by atoms with Crippen molar-refractivity contribution >= 4 is 38.3 Å². The van der Waals surface area contributed by atoms with E-state index in [0.717, 1.165) is 6.26 Å². The van der Waals surface area contributed by atoms with Crippen molar-refractivity contribution in [2.24, 2.45) is 5.92 Å². The molecule has 7 nitrogen and oxygen atoms in total. The van der Waals surface area contributed by atoms with Crippen LogP contribution in [0.4, 0.5) is 5.69 Å². The number of fused-ring (bicyclic) bond motifs is 1. The Hall–Kier alpha value is -3.13. The van der Waals surface area contributed by atoms with Crippen molar-refractivity contribution in [1.82, 2.24) is 5.32 Å². The number of hydrogen-bond acceptors (Lipinski definition) is 5. The number of nitrogens with one attached hydrogen (secondary N) is 2. The van der Waals surface area contributed by atoms with Crippen LogP contribution in [0.25, 0.3) is 11.0 Å². The normalized spacial score (nSPS) is 11.6. The van der Waals surface area contributed by atoms with E-state index in [1.807, 2.05) is 13.8 Å². The quantitative estimate of drug-likeness (QED) is 0.598. The summed E-state index contributed by atoms with van der Waals surface area (Å²) in [4.78, 5) is 25.5. The Balaban J connectivity index is 1.95. The van der Waals surface area contributed by atoms with Gasteiger partial charge in [0.25, 0.3) is 11.8 Å². The van der Waals surface area contributed by atoms with Crippen molar-refractivity contribution in [1.29, 1.82) is 0 Å². The summed E-state index contributed by atoms with van der Waals surface area (Å²) >= 11 is 0. The number of carbonyl (C=O) groups is 2. The van der Waals surface area contributed by atoms with Gasteiger partial charge in [0.05, 0.1) is 17.0 Å². The molecule has 1 heterocycles. The van der Waals surface area contributed by atoms with Crippen LogP contribution in [0.2, 0.25) is 0 Å². The summed E-state index contributed by atoms with van der Waals surface area (Å²) in [5.74, 6) is -1.05. The molecule has 8 heteroatoms. The molecule has 0 unspecified atom stereocenters. The van der Waals surface area contributed by atoms with Gasteiger partial charge in [-0.3, -0.25) is 9.59 Å². The second-order valence-corrected chi connectivity index (χ2v) is 9.72. The van der Waals surface area contributed by atoms with Crippen molar-refractivity contribution in [2.45, 2.75) is 19.6 Å². The molecule has 0 aliphatic carbocycles. The van der Waals surface area contributed by atoms with E-state index in [4.69, 9.17) is 4.42 Å². The highest BCUT2D eigenvalue weighted by Crippen LogP contribution is 2.28. The lowest BCUT2D eigenvalue weighted by atomic mass is 10.1. The van der Waals surface area contributed by atoms with Crippen LogP contribution in [-0.4, -0.2) is 33.0 Å². The molecule has 0 saturated carbocycles. The zero-order valence-corrected chi connectivity index (χ0v) is 17.9. The topological polar surface area (TPSA) is 105 Å². The van der Waals surface area contributed by atoms with E-state index in [1.165, 1.54) is 0 Å². The van der Waals surface area contributed by atoms with Gasteiger partial charge in [-0.15, -0.1) is 0 Å². The summed E-state index contributed by atoms with van der Waals surface area (Å²) in [7, 11) is -3.41. The molecule has 3 aromatic rings. The molecule has 0 aliphatic rings. The fraction of sp³-hybridized carbons (Fsp3) is 0.273. The van der Waals surface area contributed by atoms with E-state index < -0.39 is 15.7 Å². The number of carbonyl (C=O) groups excluding carboxylic acids is 2. The van der Waals surface area contributed by atoms with Crippen LogP contribution < -0.4 is 10.6 Å². The smallest absolute Gasteiger partial charge is 0.291 e. The Morgan fingerprint density at radius 3 is 2.37 bits per heavy atom. The number of amides is 2. The molecule has 2 amide bonds. The first kappa shape index (κ1) is 21.6. The van der Waals surface area contributed by atoms with Crippen molar-refractivity contribution in [3.05, 3.63) is 65.4 Å². The largest absolute Gasteiger partial charge is 0.451 e. The molecular formula is C22H24N2O5S. The number of furan rings is 1. The molecule has 1 aromatic heterocycles. The van der Waals surface area contributed by atoms with Crippen LogP contribution in [0.15, 0.2) is 52.9 Å². The molecule has 2 N–H and O–H groups in total. The van der Waals surface area contributed by atoms with Gasteiger partial charge in [0.1, 0.15) is 5.58 Å².